The Balaban J connectivity index is 2.08. The number of nitrogens with zero attached hydrogens (tertiary/aromatic N) is 1. The number of fused-ring (bicyclic) bond motifs is 1. The summed E-state index contributed by atoms with van der Waals surface area (Å²) in [5.41, 5.74) is 5.12. The van der Waals surface area contributed by atoms with Crippen molar-refractivity contribution in [3.8, 4) is 0 Å². The summed E-state index contributed by atoms with van der Waals surface area (Å²) in [6, 6.07) is 0.283. The van der Waals surface area contributed by atoms with Crippen LogP contribution in [-0.2, 0) is 9.53 Å². The standard InChI is InChI=1S/C12H23N3O2/c1-17-9-6-14-12(11(13)16)5-8-15-7-3-2-4-10(12)15/h10,14H,2-9H2,1H3,(H2,13,16). The van der Waals surface area contributed by atoms with Crippen molar-refractivity contribution in [1.82, 2.24) is 10.2 Å². The molecule has 2 heterocycles. The lowest BCUT2D eigenvalue weighted by atomic mass is 9.84. The minimum absolute atomic E-state index is 0.206. The number of nitrogens with one attached hydrogen (secondary N) is 1. The summed E-state index contributed by atoms with van der Waals surface area (Å²) in [5.74, 6) is -0.206. The summed E-state index contributed by atoms with van der Waals surface area (Å²) >= 11 is 0. The number of nitrogens with two attached hydrogens (primary N) is 1. The zero-order chi connectivity index (χ0) is 12.3. The molecule has 5 nitrogen and oxygen atoms in total. The van der Waals surface area contributed by atoms with Crippen LogP contribution in [0.15, 0.2) is 0 Å². The summed E-state index contributed by atoms with van der Waals surface area (Å²) in [7, 11) is 1.67. The first-order valence-electron chi connectivity index (χ1n) is 6.48. The van der Waals surface area contributed by atoms with Crippen LogP contribution in [0.2, 0.25) is 0 Å². The van der Waals surface area contributed by atoms with E-state index in [0.717, 1.165) is 25.9 Å². The van der Waals surface area contributed by atoms with E-state index in [1.165, 1.54) is 12.8 Å². The van der Waals surface area contributed by atoms with E-state index in [0.29, 0.717) is 13.2 Å². The Morgan fingerprint density at radius 1 is 1.53 bits per heavy atom. The van der Waals surface area contributed by atoms with Crippen LogP contribution in [0.3, 0.4) is 0 Å². The summed E-state index contributed by atoms with van der Waals surface area (Å²) in [6.07, 6.45) is 4.34. The van der Waals surface area contributed by atoms with Gasteiger partial charge in [0.2, 0.25) is 5.91 Å². The number of rotatable bonds is 5. The van der Waals surface area contributed by atoms with E-state index >= 15 is 0 Å². The number of hydrogen-bond donors (Lipinski definition) is 2. The maximum atomic E-state index is 11.9. The molecule has 98 valence electrons. The fourth-order valence-electron chi connectivity index (χ4n) is 3.26. The van der Waals surface area contributed by atoms with Crippen LogP contribution in [0.25, 0.3) is 0 Å². The second kappa shape index (κ2) is 5.33. The predicted octanol–water partition coefficient (Wildman–Crippen LogP) is -0.295. The number of hydrogen-bond acceptors (Lipinski definition) is 4. The van der Waals surface area contributed by atoms with Crippen molar-refractivity contribution in [2.24, 2.45) is 5.73 Å². The van der Waals surface area contributed by atoms with Crippen LogP contribution >= 0.6 is 0 Å². The van der Waals surface area contributed by atoms with E-state index in [-0.39, 0.29) is 11.9 Å². The number of carbonyl (C=O) groups excluding carboxylic acids is 1. The van der Waals surface area contributed by atoms with Crippen LogP contribution in [0.5, 0.6) is 0 Å². The van der Waals surface area contributed by atoms with Crippen molar-refractivity contribution in [3.63, 3.8) is 0 Å². The summed E-state index contributed by atoms with van der Waals surface area (Å²) < 4.78 is 5.03. The molecule has 2 saturated heterocycles. The highest BCUT2D eigenvalue weighted by Crippen LogP contribution is 2.34. The van der Waals surface area contributed by atoms with Crippen LogP contribution in [-0.4, -0.2) is 55.7 Å². The van der Waals surface area contributed by atoms with Crippen molar-refractivity contribution in [1.29, 1.82) is 0 Å². The zero-order valence-corrected chi connectivity index (χ0v) is 10.6. The molecule has 1 amide bonds. The van der Waals surface area contributed by atoms with Gasteiger partial charge in [-0.2, -0.15) is 0 Å². The Bertz CT molecular complexity index is 285. The van der Waals surface area contributed by atoms with Gasteiger partial charge in [-0.1, -0.05) is 6.42 Å². The molecule has 0 aromatic rings. The molecule has 0 aliphatic carbocycles. The molecule has 5 heteroatoms. The van der Waals surface area contributed by atoms with Gasteiger partial charge in [0.15, 0.2) is 0 Å². The number of methoxy groups -OCH3 is 1. The van der Waals surface area contributed by atoms with E-state index < -0.39 is 5.54 Å². The average molecular weight is 241 g/mol. The third-order valence-corrected chi connectivity index (χ3v) is 4.16. The fraction of sp³-hybridized carbons (Fsp3) is 0.917. The van der Waals surface area contributed by atoms with Crippen LogP contribution in [0, 0.1) is 0 Å². The highest BCUT2D eigenvalue weighted by Gasteiger charge is 2.51. The molecule has 0 bridgehead atoms. The quantitative estimate of drug-likeness (QED) is 0.649. The lowest BCUT2D eigenvalue weighted by Crippen LogP contribution is -2.63. The van der Waals surface area contributed by atoms with Gasteiger partial charge in [0, 0.05) is 26.2 Å². The number of primary amides is 1. The monoisotopic (exact) mass is 241 g/mol. The summed E-state index contributed by atoms with van der Waals surface area (Å²) in [4.78, 5) is 14.3. The van der Waals surface area contributed by atoms with E-state index in [2.05, 4.69) is 10.2 Å². The lowest BCUT2D eigenvalue weighted by molar-refractivity contribution is -0.126. The average Bonchev–Trinajstić information content (AvgIpc) is 2.70. The summed E-state index contributed by atoms with van der Waals surface area (Å²) in [5, 5.41) is 3.35. The Kier molecular flexibility index (Phi) is 4.01. The largest absolute Gasteiger partial charge is 0.383 e. The molecule has 0 saturated carbocycles. The molecule has 0 aromatic heterocycles. The van der Waals surface area contributed by atoms with Gasteiger partial charge in [0.05, 0.1) is 6.61 Å². The van der Waals surface area contributed by atoms with Crippen molar-refractivity contribution in [3.05, 3.63) is 0 Å². The molecule has 17 heavy (non-hydrogen) atoms. The number of ether oxygens (including phenoxy) is 1. The SMILES string of the molecule is COCCNC1(C(N)=O)CCN2CCCCC21. The lowest BCUT2D eigenvalue weighted by Gasteiger charge is -2.39. The van der Waals surface area contributed by atoms with Gasteiger partial charge >= 0.3 is 0 Å². The Hall–Kier alpha value is -0.650. The third kappa shape index (κ3) is 2.32. The summed E-state index contributed by atoms with van der Waals surface area (Å²) in [6.45, 7) is 3.38. The first-order chi connectivity index (χ1) is 8.20. The molecule has 2 atom stereocenters. The Morgan fingerprint density at radius 3 is 3.06 bits per heavy atom. The molecular formula is C12H23N3O2. The number of carbonyl (C=O) groups is 1. The zero-order valence-electron chi connectivity index (χ0n) is 10.6. The van der Waals surface area contributed by atoms with Crippen LogP contribution < -0.4 is 11.1 Å². The number of amides is 1. The molecule has 2 aliphatic rings. The second-order valence-corrected chi connectivity index (χ2v) is 5.05. The molecular weight excluding hydrogens is 218 g/mol. The van der Waals surface area contributed by atoms with Gasteiger partial charge in [-0.05, 0) is 25.8 Å². The van der Waals surface area contributed by atoms with Gasteiger partial charge < -0.3 is 10.5 Å². The molecule has 3 N–H and O–H groups in total. The van der Waals surface area contributed by atoms with Crippen molar-refractivity contribution in [2.45, 2.75) is 37.3 Å². The molecule has 0 aromatic carbocycles. The van der Waals surface area contributed by atoms with E-state index in [9.17, 15) is 4.79 Å². The second-order valence-electron chi connectivity index (χ2n) is 5.05. The van der Waals surface area contributed by atoms with Gasteiger partial charge in [0.1, 0.15) is 5.54 Å². The maximum absolute atomic E-state index is 11.9. The van der Waals surface area contributed by atoms with Crippen molar-refractivity contribution < 1.29 is 9.53 Å². The maximum Gasteiger partial charge on any atom is 0.239 e. The highest BCUT2D eigenvalue weighted by molar-refractivity contribution is 5.86. The number of piperidine rings is 1. The minimum Gasteiger partial charge on any atom is -0.383 e. The Labute approximate surface area is 103 Å². The third-order valence-electron chi connectivity index (χ3n) is 4.16. The van der Waals surface area contributed by atoms with Crippen molar-refractivity contribution in [2.75, 3.05) is 33.4 Å². The van der Waals surface area contributed by atoms with Crippen LogP contribution in [0.1, 0.15) is 25.7 Å². The fourth-order valence-corrected chi connectivity index (χ4v) is 3.26. The first-order valence-corrected chi connectivity index (χ1v) is 6.48. The van der Waals surface area contributed by atoms with Gasteiger partial charge in [-0.15, -0.1) is 0 Å². The molecule has 2 rings (SSSR count). The molecule has 2 fully saturated rings. The normalized spacial score (nSPS) is 33.6. The van der Waals surface area contributed by atoms with Crippen LogP contribution in [0.4, 0.5) is 0 Å². The van der Waals surface area contributed by atoms with Crippen molar-refractivity contribution >= 4 is 5.91 Å². The van der Waals surface area contributed by atoms with Gasteiger partial charge in [-0.3, -0.25) is 15.0 Å². The highest BCUT2D eigenvalue weighted by atomic mass is 16.5. The van der Waals surface area contributed by atoms with Gasteiger partial charge in [0.25, 0.3) is 0 Å². The van der Waals surface area contributed by atoms with E-state index in [1.807, 2.05) is 0 Å². The van der Waals surface area contributed by atoms with E-state index in [1.54, 1.807) is 7.11 Å². The van der Waals surface area contributed by atoms with E-state index in [4.69, 9.17) is 10.5 Å². The molecule has 0 spiro atoms. The predicted molar refractivity (Wildman–Crippen MR) is 65.6 cm³/mol. The first kappa shape index (κ1) is 12.8. The smallest absolute Gasteiger partial charge is 0.239 e. The molecule has 2 aliphatic heterocycles. The molecule has 0 radical (unpaired) electrons. The topological polar surface area (TPSA) is 67.6 Å². The molecule has 2 unspecified atom stereocenters. The minimum atomic E-state index is -0.529. The van der Waals surface area contributed by atoms with Gasteiger partial charge in [-0.25, -0.2) is 0 Å². The Morgan fingerprint density at radius 2 is 2.35 bits per heavy atom.